The van der Waals surface area contributed by atoms with Crippen LogP contribution in [-0.2, 0) is 13.1 Å². The number of nitrogens with zero attached hydrogens (tertiary/aromatic N) is 4. The molecule has 3 heterocycles. The Labute approximate surface area is 154 Å². The molecule has 1 aliphatic rings. The number of benzene rings is 1. The summed E-state index contributed by atoms with van der Waals surface area (Å²) in [5.74, 6) is 1.55. The third kappa shape index (κ3) is 4.00. The maximum absolute atomic E-state index is 4.53. The maximum Gasteiger partial charge on any atom is 0.137 e. The van der Waals surface area contributed by atoms with Crippen LogP contribution in [0.25, 0.3) is 5.82 Å². The van der Waals surface area contributed by atoms with Gasteiger partial charge in [-0.15, -0.1) is 0 Å². The topological polar surface area (TPSA) is 46.0 Å². The highest BCUT2D eigenvalue weighted by molar-refractivity contribution is 5.25. The van der Waals surface area contributed by atoms with E-state index in [0.717, 1.165) is 32.0 Å². The molecule has 5 nitrogen and oxygen atoms in total. The van der Waals surface area contributed by atoms with Gasteiger partial charge in [0, 0.05) is 50.8 Å². The van der Waals surface area contributed by atoms with Gasteiger partial charge in [0.15, 0.2) is 0 Å². The lowest BCUT2D eigenvalue weighted by Gasteiger charge is -2.17. The molecule has 5 heteroatoms. The minimum absolute atomic E-state index is 0.520. The lowest BCUT2D eigenvalue weighted by atomic mass is 10.1. The Morgan fingerprint density at radius 2 is 1.96 bits per heavy atom. The van der Waals surface area contributed by atoms with Crippen LogP contribution in [0, 0.1) is 5.92 Å². The molecule has 3 aromatic rings. The fraction of sp³-hybridized carbons (Fsp3) is 0.333. The molecule has 1 fully saturated rings. The van der Waals surface area contributed by atoms with Gasteiger partial charge in [0.05, 0.1) is 0 Å². The van der Waals surface area contributed by atoms with Crippen molar-refractivity contribution < 1.29 is 0 Å². The van der Waals surface area contributed by atoms with Crippen molar-refractivity contribution in [1.29, 1.82) is 0 Å². The Balaban J connectivity index is 1.30. The van der Waals surface area contributed by atoms with Crippen LogP contribution in [0.2, 0.25) is 0 Å². The zero-order chi connectivity index (χ0) is 17.8. The molecular formula is C21H25N5. The van der Waals surface area contributed by atoms with Crippen LogP contribution >= 0.6 is 0 Å². The largest absolute Gasteiger partial charge is 0.308 e. The standard InChI is InChI=1S/C21H25N5/c1-17-13-25(14-18-5-3-2-4-6-18)15-20(17)23-11-19-7-8-21(24-12-19)26-10-9-22-16-26/h2-10,12,16-17,20,23H,11,13-15H2,1H3. The molecule has 0 aliphatic carbocycles. The number of likely N-dealkylation sites (tertiary alicyclic amines) is 1. The summed E-state index contributed by atoms with van der Waals surface area (Å²) in [6.45, 7) is 6.46. The quantitative estimate of drug-likeness (QED) is 0.745. The second-order valence-electron chi connectivity index (χ2n) is 7.14. The van der Waals surface area contributed by atoms with E-state index in [2.05, 4.69) is 63.5 Å². The van der Waals surface area contributed by atoms with Gasteiger partial charge in [-0.1, -0.05) is 43.3 Å². The van der Waals surface area contributed by atoms with Gasteiger partial charge < -0.3 is 5.32 Å². The van der Waals surface area contributed by atoms with Gasteiger partial charge in [-0.3, -0.25) is 9.47 Å². The van der Waals surface area contributed by atoms with Crippen LogP contribution in [0.5, 0.6) is 0 Å². The summed E-state index contributed by atoms with van der Waals surface area (Å²) < 4.78 is 1.91. The second-order valence-corrected chi connectivity index (χ2v) is 7.14. The van der Waals surface area contributed by atoms with E-state index >= 15 is 0 Å². The zero-order valence-corrected chi connectivity index (χ0v) is 15.1. The number of rotatable bonds is 6. The van der Waals surface area contributed by atoms with Crippen LogP contribution in [0.1, 0.15) is 18.1 Å². The Hall–Kier alpha value is -2.50. The highest BCUT2D eigenvalue weighted by Gasteiger charge is 2.28. The average Bonchev–Trinajstić information content (AvgIpc) is 3.31. The molecule has 26 heavy (non-hydrogen) atoms. The summed E-state index contributed by atoms with van der Waals surface area (Å²) in [4.78, 5) is 11.1. The summed E-state index contributed by atoms with van der Waals surface area (Å²) in [5, 5.41) is 3.72. The predicted octanol–water partition coefficient (Wildman–Crippen LogP) is 2.88. The molecule has 2 atom stereocenters. The van der Waals surface area contributed by atoms with Crippen molar-refractivity contribution in [1.82, 2.24) is 24.8 Å². The summed E-state index contributed by atoms with van der Waals surface area (Å²) in [5.41, 5.74) is 2.60. The van der Waals surface area contributed by atoms with E-state index in [4.69, 9.17) is 0 Å². The average molecular weight is 347 g/mol. The van der Waals surface area contributed by atoms with E-state index in [0.29, 0.717) is 12.0 Å². The van der Waals surface area contributed by atoms with Crippen molar-refractivity contribution in [3.63, 3.8) is 0 Å². The Kier molecular flexibility index (Phi) is 5.09. The van der Waals surface area contributed by atoms with Gasteiger partial charge in [-0.05, 0) is 23.1 Å². The van der Waals surface area contributed by atoms with Gasteiger partial charge in [0.25, 0.3) is 0 Å². The Bertz CT molecular complexity index is 798. The van der Waals surface area contributed by atoms with Gasteiger partial charge in [0.2, 0.25) is 0 Å². The van der Waals surface area contributed by atoms with Crippen molar-refractivity contribution in [2.45, 2.75) is 26.1 Å². The minimum Gasteiger partial charge on any atom is -0.308 e. The number of nitrogens with one attached hydrogen (secondary N) is 1. The third-order valence-corrected chi connectivity index (χ3v) is 5.08. The fourth-order valence-electron chi connectivity index (χ4n) is 3.62. The molecular weight excluding hydrogens is 322 g/mol. The molecule has 0 spiro atoms. The fourth-order valence-corrected chi connectivity index (χ4v) is 3.62. The lowest BCUT2D eigenvalue weighted by molar-refractivity contribution is 0.316. The Morgan fingerprint density at radius 3 is 2.69 bits per heavy atom. The number of aromatic nitrogens is 3. The molecule has 0 bridgehead atoms. The Morgan fingerprint density at radius 1 is 1.08 bits per heavy atom. The molecule has 1 aromatic carbocycles. The van der Waals surface area contributed by atoms with E-state index in [1.165, 1.54) is 11.1 Å². The second kappa shape index (κ2) is 7.81. The third-order valence-electron chi connectivity index (χ3n) is 5.08. The van der Waals surface area contributed by atoms with Crippen molar-refractivity contribution in [2.75, 3.05) is 13.1 Å². The number of pyridine rings is 1. The van der Waals surface area contributed by atoms with Gasteiger partial charge in [-0.2, -0.15) is 0 Å². The first-order valence-electron chi connectivity index (χ1n) is 9.21. The summed E-state index contributed by atoms with van der Waals surface area (Å²) in [6.07, 6.45) is 7.38. The SMILES string of the molecule is CC1CN(Cc2ccccc2)CC1NCc1ccc(-n2ccnc2)nc1. The van der Waals surface area contributed by atoms with Crippen LogP contribution in [0.15, 0.2) is 67.4 Å². The van der Waals surface area contributed by atoms with Crippen LogP contribution in [-0.4, -0.2) is 38.6 Å². The number of hydrogen-bond acceptors (Lipinski definition) is 4. The molecule has 0 saturated carbocycles. The predicted molar refractivity (Wildman–Crippen MR) is 103 cm³/mol. The van der Waals surface area contributed by atoms with E-state index in [-0.39, 0.29) is 0 Å². The molecule has 4 rings (SSSR count). The maximum atomic E-state index is 4.53. The van der Waals surface area contributed by atoms with Crippen molar-refractivity contribution >= 4 is 0 Å². The highest BCUT2D eigenvalue weighted by atomic mass is 15.2. The van der Waals surface area contributed by atoms with Gasteiger partial charge in [-0.25, -0.2) is 9.97 Å². The lowest BCUT2D eigenvalue weighted by Crippen LogP contribution is -2.35. The van der Waals surface area contributed by atoms with E-state index in [1.54, 1.807) is 12.5 Å². The van der Waals surface area contributed by atoms with Crippen LogP contribution in [0.3, 0.4) is 0 Å². The molecule has 0 amide bonds. The van der Waals surface area contributed by atoms with E-state index < -0.39 is 0 Å². The minimum atomic E-state index is 0.520. The van der Waals surface area contributed by atoms with Crippen molar-refractivity contribution in [3.05, 3.63) is 78.5 Å². The molecule has 134 valence electrons. The molecule has 0 radical (unpaired) electrons. The van der Waals surface area contributed by atoms with E-state index in [9.17, 15) is 0 Å². The number of hydrogen-bond donors (Lipinski definition) is 1. The van der Waals surface area contributed by atoms with E-state index in [1.807, 2.05) is 23.0 Å². The first kappa shape index (κ1) is 16.9. The molecule has 2 aromatic heterocycles. The highest BCUT2D eigenvalue weighted by Crippen LogP contribution is 2.19. The molecule has 1 N–H and O–H groups in total. The molecule has 2 unspecified atom stereocenters. The summed E-state index contributed by atoms with van der Waals surface area (Å²) in [6, 6.07) is 15.4. The van der Waals surface area contributed by atoms with Crippen LogP contribution < -0.4 is 5.32 Å². The van der Waals surface area contributed by atoms with Gasteiger partial charge in [0.1, 0.15) is 12.1 Å². The monoisotopic (exact) mass is 347 g/mol. The van der Waals surface area contributed by atoms with Crippen LogP contribution in [0.4, 0.5) is 0 Å². The smallest absolute Gasteiger partial charge is 0.137 e. The summed E-state index contributed by atoms with van der Waals surface area (Å²) >= 11 is 0. The first-order valence-corrected chi connectivity index (χ1v) is 9.21. The zero-order valence-electron chi connectivity index (χ0n) is 15.1. The number of imidazole rings is 1. The van der Waals surface area contributed by atoms with Crippen molar-refractivity contribution in [3.8, 4) is 5.82 Å². The van der Waals surface area contributed by atoms with Crippen molar-refractivity contribution in [2.24, 2.45) is 5.92 Å². The first-order chi connectivity index (χ1) is 12.8. The molecule has 1 saturated heterocycles. The molecule has 1 aliphatic heterocycles. The van der Waals surface area contributed by atoms with Gasteiger partial charge >= 0.3 is 0 Å². The summed E-state index contributed by atoms with van der Waals surface area (Å²) in [7, 11) is 0. The normalized spacial score (nSPS) is 20.5.